The van der Waals surface area contributed by atoms with Crippen molar-refractivity contribution < 1.29 is 9.32 Å². The van der Waals surface area contributed by atoms with Gasteiger partial charge in [0.2, 0.25) is 0 Å². The molecule has 1 fully saturated rings. The minimum absolute atomic E-state index is 0.0704. The highest BCUT2D eigenvalue weighted by molar-refractivity contribution is 5.94. The van der Waals surface area contributed by atoms with Crippen LogP contribution in [0, 0.1) is 6.92 Å². The Morgan fingerprint density at radius 2 is 2.24 bits per heavy atom. The first-order chi connectivity index (χ1) is 10.1. The molecule has 1 amide bonds. The van der Waals surface area contributed by atoms with Crippen molar-refractivity contribution in [2.24, 2.45) is 7.05 Å². The highest BCUT2D eigenvalue weighted by atomic mass is 16.5. The Labute approximate surface area is 122 Å². The average molecular weight is 287 g/mol. The summed E-state index contributed by atoms with van der Waals surface area (Å²) >= 11 is 0. The summed E-state index contributed by atoms with van der Waals surface area (Å²) < 4.78 is 6.55. The summed E-state index contributed by atoms with van der Waals surface area (Å²) in [6.45, 7) is 2.50. The SMILES string of the molecule is Cc1cc(C2CCCN2C(=O)c2ccn(C)c(=O)c2)no1. The molecule has 2 aromatic heterocycles. The topological polar surface area (TPSA) is 68.3 Å². The number of hydrogen-bond donors (Lipinski definition) is 0. The smallest absolute Gasteiger partial charge is 0.254 e. The van der Waals surface area contributed by atoms with Gasteiger partial charge < -0.3 is 14.0 Å². The Bertz CT molecular complexity index is 732. The molecule has 6 heteroatoms. The molecule has 1 unspecified atom stereocenters. The first kappa shape index (κ1) is 13.6. The number of likely N-dealkylation sites (tertiary alicyclic amines) is 1. The normalized spacial score (nSPS) is 18.2. The zero-order valence-corrected chi connectivity index (χ0v) is 12.1. The lowest BCUT2D eigenvalue weighted by Gasteiger charge is -2.23. The minimum atomic E-state index is -0.186. The number of carbonyl (C=O) groups excluding carboxylic acids is 1. The zero-order valence-electron chi connectivity index (χ0n) is 12.1. The number of aromatic nitrogens is 2. The fraction of sp³-hybridized carbons (Fsp3) is 0.400. The molecule has 1 atom stereocenters. The summed E-state index contributed by atoms with van der Waals surface area (Å²) in [6.07, 6.45) is 3.40. The average Bonchev–Trinajstić information content (AvgIpc) is 3.09. The molecule has 3 rings (SSSR count). The summed E-state index contributed by atoms with van der Waals surface area (Å²) in [5.41, 5.74) is 1.02. The molecule has 1 aliphatic rings. The second-order valence-corrected chi connectivity index (χ2v) is 5.38. The summed E-state index contributed by atoms with van der Waals surface area (Å²) in [7, 11) is 1.66. The van der Waals surface area contributed by atoms with Gasteiger partial charge in [0.05, 0.1) is 6.04 Å². The van der Waals surface area contributed by atoms with Crippen LogP contribution in [0.5, 0.6) is 0 Å². The van der Waals surface area contributed by atoms with Crippen LogP contribution in [0.25, 0.3) is 0 Å². The highest BCUT2D eigenvalue weighted by Crippen LogP contribution is 2.32. The Kier molecular flexibility index (Phi) is 3.37. The molecule has 2 aromatic rings. The Balaban J connectivity index is 1.89. The van der Waals surface area contributed by atoms with Crippen molar-refractivity contribution in [3.8, 4) is 0 Å². The summed E-state index contributed by atoms with van der Waals surface area (Å²) in [4.78, 5) is 26.1. The first-order valence-electron chi connectivity index (χ1n) is 6.97. The van der Waals surface area contributed by atoms with Gasteiger partial charge in [0.25, 0.3) is 11.5 Å². The van der Waals surface area contributed by atoms with Crippen molar-refractivity contribution in [1.82, 2.24) is 14.6 Å². The summed E-state index contributed by atoms with van der Waals surface area (Å²) in [6, 6.07) is 4.85. The van der Waals surface area contributed by atoms with Crippen LogP contribution in [0.2, 0.25) is 0 Å². The first-order valence-corrected chi connectivity index (χ1v) is 6.97. The maximum absolute atomic E-state index is 12.6. The van der Waals surface area contributed by atoms with Gasteiger partial charge in [0.1, 0.15) is 11.5 Å². The van der Waals surface area contributed by atoms with Gasteiger partial charge in [-0.25, -0.2) is 0 Å². The molecular formula is C15H17N3O3. The number of nitrogens with zero attached hydrogens (tertiary/aromatic N) is 3. The zero-order chi connectivity index (χ0) is 15.0. The molecule has 1 aliphatic heterocycles. The molecular weight excluding hydrogens is 270 g/mol. The molecule has 0 bridgehead atoms. The van der Waals surface area contributed by atoms with Crippen LogP contribution >= 0.6 is 0 Å². The molecule has 0 spiro atoms. The van der Waals surface area contributed by atoms with Gasteiger partial charge >= 0.3 is 0 Å². The molecule has 1 saturated heterocycles. The Hall–Kier alpha value is -2.37. The molecule has 0 aromatic carbocycles. The second-order valence-electron chi connectivity index (χ2n) is 5.38. The molecule has 110 valence electrons. The van der Waals surface area contributed by atoms with Crippen LogP contribution in [0.15, 0.2) is 33.7 Å². The van der Waals surface area contributed by atoms with Crippen LogP contribution in [-0.2, 0) is 7.05 Å². The molecule has 21 heavy (non-hydrogen) atoms. The van der Waals surface area contributed by atoms with Crippen molar-refractivity contribution in [2.75, 3.05) is 6.54 Å². The predicted octanol–water partition coefficient (Wildman–Crippen LogP) is 1.66. The highest BCUT2D eigenvalue weighted by Gasteiger charge is 2.32. The van der Waals surface area contributed by atoms with E-state index in [-0.39, 0.29) is 17.5 Å². The lowest BCUT2D eigenvalue weighted by Crippen LogP contribution is -2.32. The van der Waals surface area contributed by atoms with Gasteiger partial charge in [-0.15, -0.1) is 0 Å². The number of hydrogen-bond acceptors (Lipinski definition) is 4. The molecule has 0 saturated carbocycles. The maximum Gasteiger partial charge on any atom is 0.254 e. The predicted molar refractivity (Wildman–Crippen MR) is 75.9 cm³/mol. The summed E-state index contributed by atoms with van der Waals surface area (Å²) in [5, 5.41) is 4.02. The van der Waals surface area contributed by atoms with Crippen molar-refractivity contribution in [2.45, 2.75) is 25.8 Å². The Morgan fingerprint density at radius 3 is 2.90 bits per heavy atom. The number of aryl methyl sites for hydroxylation is 2. The third kappa shape index (κ3) is 2.49. The van der Waals surface area contributed by atoms with Crippen molar-refractivity contribution in [1.29, 1.82) is 0 Å². The molecule has 0 aliphatic carbocycles. The largest absolute Gasteiger partial charge is 0.361 e. The standard InChI is InChI=1S/C15H17N3O3/c1-10-8-12(16-21-10)13-4-3-6-18(13)15(20)11-5-7-17(2)14(19)9-11/h5,7-9,13H,3-4,6H2,1-2H3. The lowest BCUT2D eigenvalue weighted by molar-refractivity contribution is 0.0730. The van der Waals surface area contributed by atoms with Crippen molar-refractivity contribution in [3.63, 3.8) is 0 Å². The van der Waals surface area contributed by atoms with E-state index in [2.05, 4.69) is 5.16 Å². The van der Waals surface area contributed by atoms with Gasteiger partial charge in [-0.3, -0.25) is 9.59 Å². The number of carbonyl (C=O) groups is 1. The van der Waals surface area contributed by atoms with Gasteiger partial charge in [-0.2, -0.15) is 0 Å². The van der Waals surface area contributed by atoms with Crippen molar-refractivity contribution in [3.05, 3.63) is 51.8 Å². The molecule has 0 N–H and O–H groups in total. The van der Waals surface area contributed by atoms with Gasteiger partial charge in [-0.1, -0.05) is 5.16 Å². The van der Waals surface area contributed by atoms with Crippen LogP contribution in [0.3, 0.4) is 0 Å². The fourth-order valence-corrected chi connectivity index (χ4v) is 2.71. The van der Waals surface area contributed by atoms with E-state index in [0.717, 1.165) is 24.3 Å². The lowest BCUT2D eigenvalue weighted by atomic mass is 10.1. The van der Waals surface area contributed by atoms with E-state index in [9.17, 15) is 9.59 Å². The third-order valence-electron chi connectivity index (χ3n) is 3.85. The van der Waals surface area contributed by atoms with Crippen LogP contribution < -0.4 is 5.56 Å². The maximum atomic E-state index is 12.6. The van der Waals surface area contributed by atoms with E-state index in [1.807, 2.05) is 13.0 Å². The van der Waals surface area contributed by atoms with Gasteiger partial charge in [0, 0.05) is 37.5 Å². The van der Waals surface area contributed by atoms with E-state index in [0.29, 0.717) is 12.1 Å². The van der Waals surface area contributed by atoms with E-state index >= 15 is 0 Å². The third-order valence-corrected chi connectivity index (χ3v) is 3.85. The fourth-order valence-electron chi connectivity index (χ4n) is 2.71. The number of amides is 1. The van der Waals surface area contributed by atoms with Crippen LogP contribution in [-0.4, -0.2) is 27.1 Å². The van der Waals surface area contributed by atoms with E-state index in [1.165, 1.54) is 10.6 Å². The Morgan fingerprint density at radius 1 is 1.43 bits per heavy atom. The van der Waals surface area contributed by atoms with E-state index < -0.39 is 0 Å². The minimum Gasteiger partial charge on any atom is -0.361 e. The van der Waals surface area contributed by atoms with Crippen molar-refractivity contribution >= 4 is 5.91 Å². The molecule has 3 heterocycles. The van der Waals surface area contributed by atoms with Gasteiger partial charge in [-0.05, 0) is 25.8 Å². The summed E-state index contributed by atoms with van der Waals surface area (Å²) in [5.74, 6) is 0.605. The molecule has 6 nitrogen and oxygen atoms in total. The van der Waals surface area contributed by atoms with Crippen LogP contribution in [0.1, 0.15) is 40.7 Å². The quantitative estimate of drug-likeness (QED) is 0.842. The second kappa shape index (κ2) is 5.20. The molecule has 0 radical (unpaired) electrons. The monoisotopic (exact) mass is 287 g/mol. The number of rotatable bonds is 2. The number of pyridine rings is 1. The van der Waals surface area contributed by atoms with E-state index in [1.54, 1.807) is 24.2 Å². The van der Waals surface area contributed by atoms with Gasteiger partial charge in [0.15, 0.2) is 0 Å². The van der Waals surface area contributed by atoms with Crippen LogP contribution in [0.4, 0.5) is 0 Å². The van der Waals surface area contributed by atoms with E-state index in [4.69, 9.17) is 4.52 Å².